The lowest BCUT2D eigenvalue weighted by Gasteiger charge is -1.92. The van der Waals surface area contributed by atoms with Crippen LogP contribution in [0, 0.1) is 0 Å². The quantitative estimate of drug-likeness (QED) is 0.366. The van der Waals surface area contributed by atoms with Crippen LogP contribution in [0.2, 0.25) is 0 Å². The Labute approximate surface area is 107 Å². The maximum Gasteiger partial charge on any atom is 0.0648 e. The molecule has 0 aliphatic rings. The molecule has 0 N–H and O–H groups in total. The van der Waals surface area contributed by atoms with Crippen LogP contribution in [0.1, 0.15) is 0 Å². The molecule has 2 heteroatoms. The highest BCUT2D eigenvalue weighted by Gasteiger charge is 2.16. The lowest BCUT2D eigenvalue weighted by molar-refractivity contribution is 1.38. The van der Waals surface area contributed by atoms with Crippen molar-refractivity contribution in [1.29, 1.82) is 0 Å². The maximum absolute atomic E-state index is 2.41. The number of thiophene rings is 1. The van der Waals surface area contributed by atoms with Gasteiger partial charge >= 0.3 is 0 Å². The number of nitrogens with zero attached hydrogens (tertiary/aromatic N) is 1. The zero-order valence-electron chi connectivity index (χ0n) is 9.55. The van der Waals surface area contributed by atoms with Gasteiger partial charge in [-0.1, -0.05) is 36.4 Å². The second kappa shape index (κ2) is 2.85. The van der Waals surface area contributed by atoms with Gasteiger partial charge in [0.25, 0.3) is 0 Å². The molecule has 84 valence electrons. The normalized spacial score (nSPS) is 12.4. The van der Waals surface area contributed by atoms with Crippen LogP contribution in [0.15, 0.2) is 53.2 Å². The van der Waals surface area contributed by atoms with Crippen LogP contribution in [0.4, 0.5) is 0 Å². The van der Waals surface area contributed by atoms with E-state index in [4.69, 9.17) is 0 Å². The van der Waals surface area contributed by atoms with E-state index in [0.717, 1.165) is 0 Å². The third-order valence-electron chi connectivity index (χ3n) is 3.87. The zero-order valence-corrected chi connectivity index (χ0v) is 10.4. The third kappa shape index (κ3) is 0.833. The van der Waals surface area contributed by atoms with Crippen molar-refractivity contribution in [2.75, 3.05) is 0 Å². The summed E-state index contributed by atoms with van der Waals surface area (Å²) >= 11 is 1.78. The van der Waals surface area contributed by atoms with Crippen molar-refractivity contribution in [2.24, 2.45) is 0 Å². The molecule has 3 heterocycles. The van der Waals surface area contributed by atoms with E-state index in [0.29, 0.717) is 0 Å². The molecule has 0 radical (unpaired) electrons. The van der Waals surface area contributed by atoms with Gasteiger partial charge in [-0.15, -0.1) is 11.3 Å². The first-order valence-electron chi connectivity index (χ1n) is 6.04. The summed E-state index contributed by atoms with van der Waals surface area (Å²) in [6.07, 6.45) is 0. The summed E-state index contributed by atoms with van der Waals surface area (Å²) in [7, 11) is 0. The van der Waals surface area contributed by atoms with E-state index in [1.165, 1.54) is 38.1 Å². The van der Waals surface area contributed by atoms with Crippen molar-refractivity contribution in [3.8, 4) is 0 Å². The van der Waals surface area contributed by atoms with Gasteiger partial charge in [0.05, 0.1) is 16.6 Å². The van der Waals surface area contributed by atoms with E-state index in [-0.39, 0.29) is 0 Å². The second-order valence-electron chi connectivity index (χ2n) is 4.73. The molecule has 3 aromatic heterocycles. The largest absolute Gasteiger partial charge is 0.307 e. The van der Waals surface area contributed by atoms with E-state index in [9.17, 15) is 0 Å². The van der Waals surface area contributed by atoms with Crippen molar-refractivity contribution >= 4 is 49.4 Å². The highest BCUT2D eigenvalue weighted by Crippen LogP contribution is 2.39. The van der Waals surface area contributed by atoms with E-state index in [1.807, 2.05) is 0 Å². The van der Waals surface area contributed by atoms with Crippen LogP contribution in [0.5, 0.6) is 0 Å². The van der Waals surface area contributed by atoms with Gasteiger partial charge < -0.3 is 4.40 Å². The Morgan fingerprint density at radius 3 is 2.39 bits per heavy atom. The van der Waals surface area contributed by atoms with Gasteiger partial charge in [-0.05, 0) is 6.07 Å². The average molecular weight is 247 g/mol. The lowest BCUT2D eigenvalue weighted by atomic mass is 10.1. The van der Waals surface area contributed by atoms with E-state index in [2.05, 4.69) is 57.6 Å². The first-order valence-corrected chi connectivity index (χ1v) is 6.98. The van der Waals surface area contributed by atoms with Gasteiger partial charge in [0.2, 0.25) is 0 Å². The molecule has 0 saturated carbocycles. The fraction of sp³-hybridized carbons (Fsp3) is 0. The second-order valence-corrected chi connectivity index (χ2v) is 5.47. The summed E-state index contributed by atoms with van der Waals surface area (Å²) in [5.41, 5.74) is 4.03. The number of aromatic nitrogens is 1. The standard InChI is InChI=1S/C16H9NS/c1-2-7-14-10(4-1)11-5-3-6-12-13-8-18-9-15(13)17(14)16(11)12/h1-9H. The molecule has 0 amide bonds. The monoisotopic (exact) mass is 247 g/mol. The molecule has 5 aromatic rings. The predicted octanol–water partition coefficient (Wildman–Crippen LogP) is 4.90. The molecule has 5 rings (SSSR count). The maximum atomic E-state index is 2.41. The Morgan fingerprint density at radius 1 is 0.667 bits per heavy atom. The summed E-state index contributed by atoms with van der Waals surface area (Å²) in [4.78, 5) is 0. The SMILES string of the molecule is c1ccc2c(c1)c1cccc3c4cscc4n2c13. The average Bonchev–Trinajstić information content (AvgIpc) is 3.06. The molecule has 2 aromatic carbocycles. The fourth-order valence-corrected chi connectivity index (χ4v) is 3.96. The van der Waals surface area contributed by atoms with Crippen molar-refractivity contribution in [3.63, 3.8) is 0 Å². The van der Waals surface area contributed by atoms with Gasteiger partial charge in [-0.2, -0.15) is 0 Å². The molecule has 0 spiro atoms. The van der Waals surface area contributed by atoms with Gasteiger partial charge in [-0.25, -0.2) is 0 Å². The number of hydrogen-bond acceptors (Lipinski definition) is 1. The number of para-hydroxylation sites is 2. The molecule has 0 bridgehead atoms. The summed E-state index contributed by atoms with van der Waals surface area (Å²) in [6, 6.07) is 15.3. The minimum atomic E-state index is 1.32. The smallest absolute Gasteiger partial charge is 0.0648 e. The predicted molar refractivity (Wildman–Crippen MR) is 79.0 cm³/mol. The van der Waals surface area contributed by atoms with Crippen LogP contribution in [0.25, 0.3) is 38.1 Å². The van der Waals surface area contributed by atoms with Crippen LogP contribution in [0.3, 0.4) is 0 Å². The van der Waals surface area contributed by atoms with Crippen molar-refractivity contribution < 1.29 is 0 Å². The Kier molecular flexibility index (Phi) is 1.41. The summed E-state index contributed by atoms with van der Waals surface area (Å²) in [5.74, 6) is 0. The van der Waals surface area contributed by atoms with Crippen molar-refractivity contribution in [3.05, 3.63) is 53.2 Å². The molecule has 0 aliphatic heterocycles. The van der Waals surface area contributed by atoms with Crippen molar-refractivity contribution in [1.82, 2.24) is 4.40 Å². The first kappa shape index (κ1) is 8.95. The molecule has 0 unspecified atom stereocenters. The Balaban J connectivity index is 2.35. The number of benzene rings is 2. The fourth-order valence-electron chi connectivity index (χ4n) is 3.15. The summed E-state index contributed by atoms with van der Waals surface area (Å²) in [6.45, 7) is 0. The molecule has 18 heavy (non-hydrogen) atoms. The van der Waals surface area contributed by atoms with Gasteiger partial charge in [0.15, 0.2) is 0 Å². The summed E-state index contributed by atoms with van der Waals surface area (Å²) < 4.78 is 2.41. The molecular weight excluding hydrogens is 238 g/mol. The zero-order chi connectivity index (χ0) is 11.7. The Morgan fingerprint density at radius 2 is 1.44 bits per heavy atom. The number of hydrogen-bond donors (Lipinski definition) is 0. The van der Waals surface area contributed by atoms with Gasteiger partial charge in [0.1, 0.15) is 0 Å². The van der Waals surface area contributed by atoms with Crippen molar-refractivity contribution in [2.45, 2.75) is 0 Å². The highest BCUT2D eigenvalue weighted by atomic mass is 32.1. The van der Waals surface area contributed by atoms with Gasteiger partial charge in [0, 0.05) is 32.3 Å². The van der Waals surface area contributed by atoms with Gasteiger partial charge in [-0.3, -0.25) is 0 Å². The van der Waals surface area contributed by atoms with Crippen LogP contribution in [-0.4, -0.2) is 4.40 Å². The van der Waals surface area contributed by atoms with E-state index >= 15 is 0 Å². The topological polar surface area (TPSA) is 4.41 Å². The van der Waals surface area contributed by atoms with Crippen LogP contribution in [-0.2, 0) is 0 Å². The summed E-state index contributed by atoms with van der Waals surface area (Å²) in [5, 5.41) is 9.98. The minimum absolute atomic E-state index is 1.32. The highest BCUT2D eigenvalue weighted by molar-refractivity contribution is 7.09. The Hall–Kier alpha value is -2.06. The van der Waals surface area contributed by atoms with Crippen LogP contribution >= 0.6 is 11.3 Å². The minimum Gasteiger partial charge on any atom is -0.307 e. The van der Waals surface area contributed by atoms with E-state index in [1.54, 1.807) is 11.3 Å². The molecule has 0 atom stereocenters. The number of fused-ring (bicyclic) bond motifs is 6. The molecular formula is C16H9NS. The first-order chi connectivity index (χ1) is 8.95. The molecule has 0 aliphatic carbocycles. The molecule has 0 fully saturated rings. The number of rotatable bonds is 0. The molecule has 1 nitrogen and oxygen atoms in total. The van der Waals surface area contributed by atoms with E-state index < -0.39 is 0 Å². The van der Waals surface area contributed by atoms with Crippen LogP contribution < -0.4 is 0 Å². The third-order valence-corrected chi connectivity index (χ3v) is 4.60. The Bertz CT molecular complexity index is 1020. The molecule has 0 saturated heterocycles. The lowest BCUT2D eigenvalue weighted by Crippen LogP contribution is -1.76.